The molecule has 5 nitrogen and oxygen atoms in total. The Bertz CT molecular complexity index is 1930. The summed E-state index contributed by atoms with van der Waals surface area (Å²) in [6.45, 7) is 4.68. The summed E-state index contributed by atoms with van der Waals surface area (Å²) in [5, 5.41) is 0. The Morgan fingerprint density at radius 3 is 2.24 bits per heavy atom. The van der Waals surface area contributed by atoms with Gasteiger partial charge in [-0.1, -0.05) is 44.2 Å². The number of rotatable bonds is 0. The summed E-state index contributed by atoms with van der Waals surface area (Å²) < 4.78 is 18.2. The number of ether oxygens (including phenoxy) is 2. The van der Waals surface area contributed by atoms with Crippen molar-refractivity contribution in [1.29, 1.82) is 0 Å². The van der Waals surface area contributed by atoms with Crippen LogP contribution >= 0.6 is 0 Å². The van der Waals surface area contributed by atoms with E-state index in [1.807, 2.05) is 6.07 Å². The second-order valence-corrected chi connectivity index (χ2v) is 11.0. The average Bonchev–Trinajstić information content (AvgIpc) is 3.22. The van der Waals surface area contributed by atoms with Gasteiger partial charge in [0.25, 0.3) is 11.5 Å². The lowest BCUT2D eigenvalue weighted by atomic mass is 9.70. The fourth-order valence-corrected chi connectivity index (χ4v) is 7.67. The van der Waals surface area contributed by atoms with Crippen LogP contribution in [-0.2, 0) is 11.1 Å². The van der Waals surface area contributed by atoms with E-state index >= 15 is 0 Å². The van der Waals surface area contributed by atoms with Gasteiger partial charge in [-0.15, -0.1) is 9.13 Å². The van der Waals surface area contributed by atoms with E-state index in [0.29, 0.717) is 0 Å². The third kappa shape index (κ3) is 1.72. The fraction of sp³-hybridized carbons (Fsp3) is 0.125. The lowest BCUT2D eigenvalue weighted by Crippen LogP contribution is -2.75. The van der Waals surface area contributed by atoms with Crippen molar-refractivity contribution in [2.75, 3.05) is 4.90 Å². The van der Waals surface area contributed by atoms with Crippen molar-refractivity contribution in [3.8, 4) is 34.5 Å². The monoisotopic (exact) mass is 479 g/mol. The zero-order valence-electron chi connectivity index (χ0n) is 20.3. The Hall–Kier alpha value is -4.64. The first-order valence-electron chi connectivity index (χ1n) is 12.8. The van der Waals surface area contributed by atoms with Crippen molar-refractivity contribution in [2.24, 2.45) is 0 Å². The van der Waals surface area contributed by atoms with E-state index in [1.165, 1.54) is 28.1 Å². The van der Waals surface area contributed by atoms with Gasteiger partial charge in [-0.2, -0.15) is 4.90 Å². The average molecular weight is 480 g/mol. The minimum atomic E-state index is -0.639. The molecule has 1 spiro atoms. The molecule has 10 rings (SSSR count). The molecular weight excluding hydrogens is 458 g/mol. The Morgan fingerprint density at radius 2 is 1.35 bits per heavy atom. The number of aromatic nitrogens is 2. The normalized spacial score (nSPS) is 20.3. The van der Waals surface area contributed by atoms with Gasteiger partial charge >= 0.3 is 11.5 Å². The lowest BCUT2D eigenvalue weighted by molar-refractivity contribution is -0.936. The SMILES string of the molecule is CC1(C)c2ccccc2N2c3c1ccc1c3C34c5c(cccc5Oc5cccc([n+]53)-c3cccc2[n+]34)O1. The molecule has 0 saturated heterocycles. The number of anilines is 3. The molecule has 0 aliphatic carbocycles. The maximum atomic E-state index is 6.71. The van der Waals surface area contributed by atoms with Gasteiger partial charge in [0, 0.05) is 28.7 Å². The number of nitrogens with zero attached hydrogens (tertiary/aromatic N) is 3. The summed E-state index contributed by atoms with van der Waals surface area (Å²) in [7, 11) is 0. The summed E-state index contributed by atoms with van der Waals surface area (Å²) in [4.78, 5) is 2.46. The van der Waals surface area contributed by atoms with Crippen molar-refractivity contribution in [3.63, 3.8) is 0 Å². The van der Waals surface area contributed by atoms with Gasteiger partial charge in [0.15, 0.2) is 22.6 Å². The van der Waals surface area contributed by atoms with E-state index in [0.717, 1.165) is 45.9 Å². The zero-order valence-corrected chi connectivity index (χ0v) is 20.3. The third-order valence-electron chi connectivity index (χ3n) is 9.04. The molecule has 37 heavy (non-hydrogen) atoms. The van der Waals surface area contributed by atoms with Crippen LogP contribution in [-0.4, -0.2) is 0 Å². The van der Waals surface area contributed by atoms with E-state index < -0.39 is 5.66 Å². The molecule has 1 unspecified atom stereocenters. The zero-order chi connectivity index (χ0) is 24.3. The van der Waals surface area contributed by atoms with E-state index in [4.69, 9.17) is 9.47 Å². The van der Waals surface area contributed by atoms with E-state index in [-0.39, 0.29) is 5.41 Å². The summed E-state index contributed by atoms with van der Waals surface area (Å²) in [6, 6.07) is 32.5. The van der Waals surface area contributed by atoms with Crippen molar-refractivity contribution in [3.05, 3.63) is 113 Å². The Labute approximate surface area is 213 Å². The van der Waals surface area contributed by atoms with Crippen LogP contribution < -0.4 is 23.5 Å². The number of para-hydroxylation sites is 1. The summed E-state index contributed by atoms with van der Waals surface area (Å²) in [5.74, 6) is 4.57. The van der Waals surface area contributed by atoms with Gasteiger partial charge in [-0.3, -0.25) is 0 Å². The molecule has 0 saturated carbocycles. The van der Waals surface area contributed by atoms with Crippen LogP contribution in [0.2, 0.25) is 0 Å². The van der Waals surface area contributed by atoms with E-state index in [9.17, 15) is 0 Å². The fourth-order valence-electron chi connectivity index (χ4n) is 7.67. The molecule has 0 amide bonds. The maximum Gasteiger partial charge on any atom is 0.381 e. The summed E-state index contributed by atoms with van der Waals surface area (Å²) in [5.41, 5.74) is 8.79. The predicted molar refractivity (Wildman–Crippen MR) is 137 cm³/mol. The molecule has 5 aliphatic rings. The smallest absolute Gasteiger partial charge is 0.381 e. The molecule has 1 atom stereocenters. The van der Waals surface area contributed by atoms with Gasteiger partial charge in [-0.05, 0) is 42.5 Å². The number of hydrogen-bond acceptors (Lipinski definition) is 3. The molecule has 0 bridgehead atoms. The Balaban J connectivity index is 1.51. The largest absolute Gasteiger partial charge is 0.455 e. The van der Waals surface area contributed by atoms with Crippen LogP contribution in [0.15, 0.2) is 91.0 Å². The number of fused-ring (bicyclic) bond motifs is 4. The highest BCUT2D eigenvalue weighted by Gasteiger charge is 2.73. The lowest BCUT2D eigenvalue weighted by Gasteiger charge is -2.45. The van der Waals surface area contributed by atoms with Crippen LogP contribution in [0, 0.1) is 0 Å². The molecule has 0 fully saturated rings. The van der Waals surface area contributed by atoms with Crippen molar-refractivity contribution < 1.29 is 18.6 Å². The van der Waals surface area contributed by atoms with Gasteiger partial charge < -0.3 is 9.47 Å². The van der Waals surface area contributed by atoms with E-state index in [1.54, 1.807) is 0 Å². The molecule has 0 radical (unpaired) electrons. The molecule has 5 heteroatoms. The Morgan fingerprint density at radius 1 is 0.622 bits per heavy atom. The molecule has 5 aromatic rings. The second-order valence-electron chi connectivity index (χ2n) is 11.0. The number of hydrogen-bond donors (Lipinski definition) is 0. The van der Waals surface area contributed by atoms with Gasteiger partial charge in [-0.25, -0.2) is 0 Å². The first-order valence-corrected chi connectivity index (χ1v) is 12.8. The number of pyridine rings is 2. The topological polar surface area (TPSA) is 29.5 Å². The standard InChI is InChI=1S/C32H21N3O2/c1-31(2)18-8-3-4-9-20(18)33-26-14-5-10-21-22-11-6-15-27-35(22)32(34(21)26)28-23(12-7-13-24(28)37-27)36-25-17-16-19(31)30(33)29(25)32/h3-17H,1-2H3/q+2. The van der Waals surface area contributed by atoms with Crippen molar-refractivity contribution in [2.45, 2.75) is 24.9 Å². The Kier molecular flexibility index (Phi) is 2.78. The summed E-state index contributed by atoms with van der Waals surface area (Å²) >= 11 is 0. The minimum absolute atomic E-state index is 0.176. The molecular formula is C32H21N3O2+2. The molecule has 3 aromatic carbocycles. The van der Waals surface area contributed by atoms with Crippen molar-refractivity contribution in [1.82, 2.24) is 0 Å². The second kappa shape index (κ2) is 5.52. The third-order valence-corrected chi connectivity index (χ3v) is 9.04. The summed E-state index contributed by atoms with van der Waals surface area (Å²) in [6.07, 6.45) is 0. The molecule has 174 valence electrons. The maximum absolute atomic E-state index is 6.71. The highest BCUT2D eigenvalue weighted by Crippen LogP contribution is 2.64. The highest BCUT2D eigenvalue weighted by molar-refractivity contribution is 5.90. The van der Waals surface area contributed by atoms with Crippen LogP contribution in [0.25, 0.3) is 11.4 Å². The number of benzene rings is 3. The first kappa shape index (κ1) is 18.6. The van der Waals surface area contributed by atoms with Crippen LogP contribution in [0.1, 0.15) is 36.1 Å². The van der Waals surface area contributed by atoms with Gasteiger partial charge in [0.05, 0.1) is 6.07 Å². The van der Waals surface area contributed by atoms with Crippen LogP contribution in [0.4, 0.5) is 17.2 Å². The van der Waals surface area contributed by atoms with Crippen LogP contribution in [0.5, 0.6) is 23.1 Å². The van der Waals surface area contributed by atoms with Crippen molar-refractivity contribution >= 4 is 17.2 Å². The molecule has 5 aliphatic heterocycles. The quantitative estimate of drug-likeness (QED) is 0.244. The highest BCUT2D eigenvalue weighted by atomic mass is 16.5. The minimum Gasteiger partial charge on any atom is -0.455 e. The van der Waals surface area contributed by atoms with Gasteiger partial charge in [0.2, 0.25) is 5.69 Å². The van der Waals surface area contributed by atoms with Gasteiger partial charge in [0.1, 0.15) is 17.2 Å². The van der Waals surface area contributed by atoms with E-state index in [2.05, 4.69) is 113 Å². The predicted octanol–water partition coefficient (Wildman–Crippen LogP) is 6.17. The molecule has 0 N–H and O–H groups in total. The molecule has 7 heterocycles. The molecule has 2 aromatic heterocycles. The first-order chi connectivity index (χ1) is 18.1. The van der Waals surface area contributed by atoms with Crippen LogP contribution in [0.3, 0.4) is 0 Å².